The maximum atomic E-state index is 10.3. The zero-order valence-electron chi connectivity index (χ0n) is 8.69. The van der Waals surface area contributed by atoms with Crippen LogP contribution in [0.4, 0.5) is 0 Å². The highest BCUT2D eigenvalue weighted by atomic mass is 16.5. The molecular formula is C12H16O2. The smallest absolute Gasteiger partial charge is 0.122 e. The van der Waals surface area contributed by atoms with Gasteiger partial charge in [0.15, 0.2) is 0 Å². The Morgan fingerprint density at radius 3 is 2.71 bits per heavy atom. The molecule has 0 spiro atoms. The lowest BCUT2D eigenvalue weighted by Gasteiger charge is -2.13. The first kappa shape index (κ1) is 10.8. The number of aldehydes is 1. The fourth-order valence-electron chi connectivity index (χ4n) is 1.29. The molecule has 0 aromatic heterocycles. The Balaban J connectivity index is 2.74. The summed E-state index contributed by atoms with van der Waals surface area (Å²) in [7, 11) is 0. The van der Waals surface area contributed by atoms with Gasteiger partial charge < -0.3 is 9.53 Å². The monoisotopic (exact) mass is 192 g/mol. The fourth-order valence-corrected chi connectivity index (χ4v) is 1.29. The van der Waals surface area contributed by atoms with Gasteiger partial charge in [0.2, 0.25) is 0 Å². The van der Waals surface area contributed by atoms with Gasteiger partial charge in [-0.05, 0) is 31.9 Å². The zero-order chi connectivity index (χ0) is 10.4. The summed E-state index contributed by atoms with van der Waals surface area (Å²) in [5, 5.41) is 0. The lowest BCUT2D eigenvalue weighted by atomic mass is 10.1. The predicted octanol–water partition coefficient (Wildman–Crippen LogP) is 2.61. The van der Waals surface area contributed by atoms with Gasteiger partial charge in [-0.1, -0.05) is 18.2 Å². The third-order valence-corrected chi connectivity index (χ3v) is 1.87. The predicted molar refractivity (Wildman–Crippen MR) is 56.6 cm³/mol. The van der Waals surface area contributed by atoms with E-state index in [1.165, 1.54) is 0 Å². The van der Waals surface area contributed by atoms with E-state index in [4.69, 9.17) is 4.74 Å². The quantitative estimate of drug-likeness (QED) is 0.670. The van der Waals surface area contributed by atoms with Crippen molar-refractivity contribution in [2.45, 2.75) is 32.8 Å². The Bertz CT molecular complexity index is 292. The number of para-hydroxylation sites is 1. The van der Waals surface area contributed by atoms with Gasteiger partial charge in [-0.2, -0.15) is 0 Å². The zero-order valence-corrected chi connectivity index (χ0v) is 8.69. The van der Waals surface area contributed by atoms with Crippen LogP contribution < -0.4 is 4.74 Å². The van der Waals surface area contributed by atoms with Gasteiger partial charge >= 0.3 is 0 Å². The van der Waals surface area contributed by atoms with E-state index in [9.17, 15) is 4.79 Å². The Morgan fingerprint density at radius 2 is 2.07 bits per heavy atom. The summed E-state index contributed by atoms with van der Waals surface area (Å²) in [5.74, 6) is 0.893. The highest BCUT2D eigenvalue weighted by Gasteiger charge is 2.03. The topological polar surface area (TPSA) is 26.3 Å². The third-order valence-electron chi connectivity index (χ3n) is 1.87. The standard InChI is InChI=1S/C12H16O2/c1-10(2)14-12-8-4-3-6-11(12)7-5-9-13/h3-4,6,8-10H,5,7H2,1-2H3. The normalized spacial score (nSPS) is 10.2. The molecule has 1 rings (SSSR count). The summed E-state index contributed by atoms with van der Waals surface area (Å²) >= 11 is 0. The van der Waals surface area contributed by atoms with Gasteiger partial charge in [0.25, 0.3) is 0 Å². The molecule has 1 aromatic carbocycles. The summed E-state index contributed by atoms with van der Waals surface area (Å²) in [6.07, 6.45) is 2.42. The van der Waals surface area contributed by atoms with Crippen LogP contribution in [0.3, 0.4) is 0 Å². The van der Waals surface area contributed by atoms with E-state index in [0.717, 1.165) is 24.0 Å². The first-order valence-electron chi connectivity index (χ1n) is 4.92. The molecule has 0 saturated carbocycles. The first-order valence-corrected chi connectivity index (χ1v) is 4.92. The first-order chi connectivity index (χ1) is 6.74. The number of carbonyl (C=O) groups excluding carboxylic acids is 1. The molecule has 0 aliphatic heterocycles. The highest BCUT2D eigenvalue weighted by molar-refractivity contribution is 5.50. The van der Waals surface area contributed by atoms with E-state index in [0.29, 0.717) is 6.42 Å². The summed E-state index contributed by atoms with van der Waals surface area (Å²) in [6.45, 7) is 3.99. The second-order valence-electron chi connectivity index (χ2n) is 3.48. The molecule has 0 radical (unpaired) electrons. The molecule has 0 saturated heterocycles. The van der Waals surface area contributed by atoms with Crippen LogP contribution in [0.25, 0.3) is 0 Å². The Kier molecular flexibility index (Phi) is 4.17. The molecule has 0 heterocycles. The molecule has 76 valence electrons. The van der Waals surface area contributed by atoms with Crippen LogP contribution in [0.15, 0.2) is 24.3 Å². The minimum atomic E-state index is 0.174. The fraction of sp³-hybridized carbons (Fsp3) is 0.417. The van der Waals surface area contributed by atoms with Gasteiger partial charge in [0, 0.05) is 6.42 Å². The Morgan fingerprint density at radius 1 is 1.36 bits per heavy atom. The molecule has 0 aliphatic rings. The number of benzene rings is 1. The van der Waals surface area contributed by atoms with Crippen molar-refractivity contribution in [3.63, 3.8) is 0 Å². The van der Waals surface area contributed by atoms with Crippen LogP contribution in [-0.2, 0) is 11.2 Å². The Labute approximate surface area is 84.9 Å². The molecule has 0 atom stereocenters. The third kappa shape index (κ3) is 3.21. The average Bonchev–Trinajstić information content (AvgIpc) is 2.16. The molecule has 0 N–H and O–H groups in total. The van der Waals surface area contributed by atoms with Crippen molar-refractivity contribution in [2.24, 2.45) is 0 Å². The lowest BCUT2D eigenvalue weighted by Crippen LogP contribution is -2.07. The number of aryl methyl sites for hydroxylation is 1. The average molecular weight is 192 g/mol. The summed E-state index contributed by atoms with van der Waals surface area (Å²) in [6, 6.07) is 7.86. The van der Waals surface area contributed by atoms with E-state index >= 15 is 0 Å². The minimum Gasteiger partial charge on any atom is -0.491 e. The van der Waals surface area contributed by atoms with Gasteiger partial charge in [-0.15, -0.1) is 0 Å². The number of carbonyl (C=O) groups is 1. The van der Waals surface area contributed by atoms with E-state index in [1.54, 1.807) is 0 Å². The molecule has 0 bridgehead atoms. The van der Waals surface area contributed by atoms with Crippen LogP contribution >= 0.6 is 0 Å². The summed E-state index contributed by atoms with van der Waals surface area (Å²) < 4.78 is 5.63. The van der Waals surface area contributed by atoms with Crippen LogP contribution in [0.1, 0.15) is 25.8 Å². The maximum Gasteiger partial charge on any atom is 0.122 e. The number of hydrogen-bond donors (Lipinski definition) is 0. The Hall–Kier alpha value is -1.31. The molecule has 2 nitrogen and oxygen atoms in total. The molecule has 0 aliphatic carbocycles. The largest absolute Gasteiger partial charge is 0.491 e. The van der Waals surface area contributed by atoms with E-state index < -0.39 is 0 Å². The van der Waals surface area contributed by atoms with E-state index in [2.05, 4.69) is 0 Å². The molecule has 0 fully saturated rings. The van der Waals surface area contributed by atoms with Crippen molar-refractivity contribution in [2.75, 3.05) is 0 Å². The molecule has 0 unspecified atom stereocenters. The second-order valence-corrected chi connectivity index (χ2v) is 3.48. The maximum absolute atomic E-state index is 10.3. The summed E-state index contributed by atoms with van der Waals surface area (Å²) in [5.41, 5.74) is 1.10. The second kappa shape index (κ2) is 5.43. The molecule has 2 heteroatoms. The van der Waals surface area contributed by atoms with E-state index in [-0.39, 0.29) is 6.10 Å². The van der Waals surface area contributed by atoms with Crippen molar-refractivity contribution >= 4 is 6.29 Å². The summed E-state index contributed by atoms with van der Waals surface area (Å²) in [4.78, 5) is 10.3. The van der Waals surface area contributed by atoms with Crippen LogP contribution in [0.2, 0.25) is 0 Å². The number of ether oxygens (including phenoxy) is 1. The molecule has 1 aromatic rings. The van der Waals surface area contributed by atoms with Gasteiger partial charge in [-0.25, -0.2) is 0 Å². The molecule has 14 heavy (non-hydrogen) atoms. The number of hydrogen-bond acceptors (Lipinski definition) is 2. The highest BCUT2D eigenvalue weighted by Crippen LogP contribution is 2.20. The van der Waals surface area contributed by atoms with Crippen LogP contribution in [0, 0.1) is 0 Å². The van der Waals surface area contributed by atoms with E-state index in [1.807, 2.05) is 38.1 Å². The molecule has 0 amide bonds. The van der Waals surface area contributed by atoms with Gasteiger partial charge in [0.1, 0.15) is 12.0 Å². The SMILES string of the molecule is CC(C)Oc1ccccc1CCC=O. The van der Waals surface area contributed by atoms with Crippen molar-refractivity contribution in [1.29, 1.82) is 0 Å². The van der Waals surface area contributed by atoms with Gasteiger partial charge in [-0.3, -0.25) is 0 Å². The minimum absolute atomic E-state index is 0.174. The van der Waals surface area contributed by atoms with Crippen LogP contribution in [0.5, 0.6) is 5.75 Å². The van der Waals surface area contributed by atoms with Gasteiger partial charge in [0.05, 0.1) is 6.10 Å². The van der Waals surface area contributed by atoms with Crippen molar-refractivity contribution in [3.8, 4) is 5.75 Å². The molecular weight excluding hydrogens is 176 g/mol. The number of rotatable bonds is 5. The van der Waals surface area contributed by atoms with Crippen molar-refractivity contribution in [1.82, 2.24) is 0 Å². The van der Waals surface area contributed by atoms with Crippen molar-refractivity contribution in [3.05, 3.63) is 29.8 Å². The lowest BCUT2D eigenvalue weighted by molar-refractivity contribution is -0.107. The van der Waals surface area contributed by atoms with Crippen LogP contribution in [-0.4, -0.2) is 12.4 Å². The van der Waals surface area contributed by atoms with Crippen molar-refractivity contribution < 1.29 is 9.53 Å².